The van der Waals surface area contributed by atoms with E-state index in [1.54, 1.807) is 11.3 Å². The Labute approximate surface area is 224 Å². The van der Waals surface area contributed by atoms with Crippen LogP contribution in [0.15, 0.2) is 63.1 Å². The Kier molecular flexibility index (Phi) is 6.12. The predicted octanol–water partition coefficient (Wildman–Crippen LogP) is 7.22. The molecule has 1 aliphatic carbocycles. The summed E-state index contributed by atoms with van der Waals surface area (Å²) < 4.78 is 3.84. The number of aromatic hydroxyl groups is 1. The molecule has 0 spiro atoms. The molecule has 2 bridgehead atoms. The standard InChI is InChI=1S/C28H31N5O2S2/c1-27(2)12-18-13-28(3,15-27)16-32(18)17-33-21-10-6-4-8-19(21)24(25(33)35)31-30-23(34)14-36-26-29-20-9-5-7-11-22(20)37-26/h4-11,18,35H,12-17H2,1-3H3/t18-,28+/m0/s1. The zero-order valence-electron chi connectivity index (χ0n) is 21.3. The van der Waals surface area contributed by atoms with Crippen molar-refractivity contribution in [2.45, 2.75) is 57.1 Å². The van der Waals surface area contributed by atoms with E-state index in [0.717, 1.165) is 38.4 Å². The van der Waals surface area contributed by atoms with Gasteiger partial charge in [-0.2, -0.15) is 0 Å². The maximum Gasteiger partial charge on any atom is 0.274 e. The van der Waals surface area contributed by atoms with Crippen LogP contribution in [0.5, 0.6) is 5.88 Å². The minimum Gasteiger partial charge on any atom is -0.493 e. The van der Waals surface area contributed by atoms with Gasteiger partial charge in [-0.1, -0.05) is 62.9 Å². The van der Waals surface area contributed by atoms with E-state index >= 15 is 0 Å². The van der Waals surface area contributed by atoms with Crippen molar-refractivity contribution < 1.29 is 9.90 Å². The van der Waals surface area contributed by atoms with Crippen LogP contribution in [0.4, 0.5) is 5.69 Å². The quantitative estimate of drug-likeness (QED) is 0.209. The second-order valence-corrected chi connectivity index (χ2v) is 13.8. The highest BCUT2D eigenvalue weighted by atomic mass is 32.2. The minimum atomic E-state index is -0.357. The van der Waals surface area contributed by atoms with Gasteiger partial charge in [0.15, 0.2) is 10.0 Å². The fraction of sp³-hybridized carbons (Fsp3) is 0.429. The fourth-order valence-electron chi connectivity index (χ4n) is 6.61. The third kappa shape index (κ3) is 4.80. The average Bonchev–Trinajstić information content (AvgIpc) is 3.46. The highest BCUT2D eigenvalue weighted by Gasteiger charge is 2.49. The van der Waals surface area contributed by atoms with E-state index in [1.807, 2.05) is 53.1 Å². The Morgan fingerprint density at radius 2 is 1.95 bits per heavy atom. The monoisotopic (exact) mass is 533 g/mol. The molecule has 1 saturated heterocycles. The Morgan fingerprint density at radius 1 is 1.16 bits per heavy atom. The van der Waals surface area contributed by atoms with Gasteiger partial charge in [-0.05, 0) is 48.3 Å². The number of para-hydroxylation sites is 2. The van der Waals surface area contributed by atoms with E-state index in [4.69, 9.17) is 0 Å². The summed E-state index contributed by atoms with van der Waals surface area (Å²) in [6, 6.07) is 16.2. The van der Waals surface area contributed by atoms with Gasteiger partial charge in [0.05, 0.1) is 28.2 Å². The summed E-state index contributed by atoms with van der Waals surface area (Å²) in [4.78, 5) is 19.6. The molecule has 2 fully saturated rings. The second kappa shape index (κ2) is 9.22. The molecule has 2 aliphatic rings. The molecule has 6 rings (SSSR count). The number of thioether (sulfide) groups is 1. The molecule has 1 saturated carbocycles. The topological polar surface area (TPSA) is 83.1 Å². The molecular weight excluding hydrogens is 502 g/mol. The van der Waals surface area contributed by atoms with Crippen LogP contribution < -0.4 is 0 Å². The van der Waals surface area contributed by atoms with Crippen LogP contribution in [-0.4, -0.2) is 43.8 Å². The first kappa shape index (κ1) is 24.6. The zero-order chi connectivity index (χ0) is 25.8. The lowest BCUT2D eigenvalue weighted by Crippen LogP contribution is -2.35. The van der Waals surface area contributed by atoms with Crippen LogP contribution in [0.2, 0.25) is 0 Å². The molecule has 1 N–H and O–H groups in total. The molecule has 2 atom stereocenters. The van der Waals surface area contributed by atoms with Gasteiger partial charge in [0.25, 0.3) is 5.91 Å². The van der Waals surface area contributed by atoms with Crippen LogP contribution >= 0.6 is 23.1 Å². The van der Waals surface area contributed by atoms with Gasteiger partial charge >= 0.3 is 0 Å². The number of fused-ring (bicyclic) bond motifs is 4. The number of carbonyl (C=O) groups excluding carboxylic acids is 1. The number of nitrogens with zero attached hydrogens (tertiary/aromatic N) is 5. The van der Waals surface area contributed by atoms with E-state index < -0.39 is 0 Å². The van der Waals surface area contributed by atoms with Gasteiger partial charge in [0, 0.05) is 18.0 Å². The molecule has 1 aliphatic heterocycles. The summed E-state index contributed by atoms with van der Waals surface area (Å²) in [6.07, 6.45) is 3.59. The third-order valence-electron chi connectivity index (χ3n) is 7.62. The van der Waals surface area contributed by atoms with Crippen molar-refractivity contribution in [3.8, 4) is 5.88 Å². The van der Waals surface area contributed by atoms with Crippen LogP contribution in [-0.2, 0) is 11.5 Å². The SMILES string of the molecule is CC1(C)C[C@H]2C[C@@](C)(CN2Cn2c(O)c(N=NC(=O)CSc3nc4ccccc4s3)c3ccccc32)C1. The number of amides is 1. The second-order valence-electron chi connectivity index (χ2n) is 11.5. The van der Waals surface area contributed by atoms with Crippen molar-refractivity contribution in [1.29, 1.82) is 0 Å². The molecule has 3 heterocycles. The van der Waals surface area contributed by atoms with Crippen LogP contribution in [0.3, 0.4) is 0 Å². The molecule has 37 heavy (non-hydrogen) atoms. The molecule has 9 heteroatoms. The zero-order valence-corrected chi connectivity index (χ0v) is 23.0. The Morgan fingerprint density at radius 3 is 2.78 bits per heavy atom. The lowest BCUT2D eigenvalue weighted by molar-refractivity contribution is -0.115. The lowest BCUT2D eigenvalue weighted by Gasteiger charge is -2.40. The van der Waals surface area contributed by atoms with Gasteiger partial charge in [-0.3, -0.25) is 14.3 Å². The van der Waals surface area contributed by atoms with Crippen molar-refractivity contribution in [1.82, 2.24) is 14.5 Å². The Balaban J connectivity index is 1.21. The van der Waals surface area contributed by atoms with Crippen LogP contribution in [0.1, 0.15) is 40.0 Å². The number of azo groups is 1. The van der Waals surface area contributed by atoms with E-state index in [-0.39, 0.29) is 17.5 Å². The van der Waals surface area contributed by atoms with Gasteiger partial charge in [0.2, 0.25) is 5.88 Å². The van der Waals surface area contributed by atoms with Crippen LogP contribution in [0.25, 0.3) is 21.1 Å². The van der Waals surface area contributed by atoms with E-state index in [9.17, 15) is 9.90 Å². The number of rotatable bonds is 6. The lowest BCUT2D eigenvalue weighted by atomic mass is 9.65. The Bertz CT molecular complexity index is 1490. The maximum absolute atomic E-state index is 12.6. The van der Waals surface area contributed by atoms with Crippen molar-refractivity contribution in [2.24, 2.45) is 21.1 Å². The fourth-order valence-corrected chi connectivity index (χ4v) is 8.45. The summed E-state index contributed by atoms with van der Waals surface area (Å²) >= 11 is 2.92. The number of likely N-dealkylation sites (tertiary alicyclic amines) is 1. The van der Waals surface area contributed by atoms with Gasteiger partial charge in [0.1, 0.15) is 0 Å². The van der Waals surface area contributed by atoms with Gasteiger partial charge < -0.3 is 5.11 Å². The number of hydrogen-bond donors (Lipinski definition) is 1. The van der Waals surface area contributed by atoms with E-state index in [2.05, 4.69) is 40.9 Å². The normalized spacial score (nSPS) is 23.5. The number of benzene rings is 2. The summed E-state index contributed by atoms with van der Waals surface area (Å²) in [6.45, 7) is 8.75. The number of thiazole rings is 1. The smallest absolute Gasteiger partial charge is 0.274 e. The van der Waals surface area contributed by atoms with Crippen molar-refractivity contribution in [2.75, 3.05) is 12.3 Å². The summed E-state index contributed by atoms with van der Waals surface area (Å²) in [5, 5.41) is 20.2. The molecule has 7 nitrogen and oxygen atoms in total. The molecule has 2 aromatic heterocycles. The third-order valence-corrected chi connectivity index (χ3v) is 9.78. The number of hydrogen-bond acceptors (Lipinski definition) is 7. The largest absolute Gasteiger partial charge is 0.493 e. The van der Waals surface area contributed by atoms with Crippen molar-refractivity contribution >= 4 is 55.8 Å². The summed E-state index contributed by atoms with van der Waals surface area (Å²) in [5.41, 5.74) is 2.82. The summed E-state index contributed by atoms with van der Waals surface area (Å²) in [5.74, 6) is -0.154. The first-order chi connectivity index (χ1) is 17.7. The average molecular weight is 534 g/mol. The number of carbonyl (C=O) groups is 1. The van der Waals surface area contributed by atoms with E-state index in [0.29, 0.717) is 29.2 Å². The molecule has 0 unspecified atom stereocenters. The maximum atomic E-state index is 12.6. The van der Waals surface area contributed by atoms with Crippen molar-refractivity contribution in [3.63, 3.8) is 0 Å². The number of aromatic nitrogens is 2. The van der Waals surface area contributed by atoms with E-state index in [1.165, 1.54) is 24.6 Å². The van der Waals surface area contributed by atoms with Gasteiger partial charge in [-0.25, -0.2) is 4.98 Å². The first-order valence-electron chi connectivity index (χ1n) is 12.7. The molecule has 192 valence electrons. The molecule has 0 radical (unpaired) electrons. The van der Waals surface area contributed by atoms with Crippen LogP contribution in [0, 0.1) is 10.8 Å². The summed E-state index contributed by atoms with van der Waals surface area (Å²) in [7, 11) is 0. The van der Waals surface area contributed by atoms with Gasteiger partial charge in [-0.15, -0.1) is 21.6 Å². The molecule has 1 amide bonds. The minimum absolute atomic E-state index is 0.0578. The highest BCUT2D eigenvalue weighted by Crippen LogP contribution is 2.53. The predicted molar refractivity (Wildman–Crippen MR) is 150 cm³/mol. The molecule has 4 aromatic rings. The Hall–Kier alpha value is -2.75. The molecular formula is C28H31N5O2S2. The van der Waals surface area contributed by atoms with Crippen molar-refractivity contribution in [3.05, 3.63) is 48.5 Å². The highest BCUT2D eigenvalue weighted by molar-refractivity contribution is 8.01. The first-order valence-corrected chi connectivity index (χ1v) is 14.5. The molecule has 2 aromatic carbocycles.